The number of carbonyl (C=O) groups excluding carboxylic acids is 2. The third kappa shape index (κ3) is 3.35. The number of phenolic OH excluding ortho intramolecular Hbond substituents is 1. The number of aromatic hydroxyl groups is 1. The first-order valence-electron chi connectivity index (χ1n) is 7.68. The number of carbonyl (C=O) groups is 2. The summed E-state index contributed by atoms with van der Waals surface area (Å²) in [5.41, 5.74) is 0.806. The second-order valence-electron chi connectivity index (χ2n) is 5.89. The number of hydrogen-bond acceptors (Lipinski definition) is 4. The third-order valence-corrected chi connectivity index (χ3v) is 5.14. The third-order valence-electron chi connectivity index (χ3n) is 4.23. The second-order valence-corrected chi connectivity index (χ2v) is 6.88. The molecule has 0 atom stereocenters. The maximum Gasteiger partial charge on any atom is 0.293 e. The van der Waals surface area contributed by atoms with Gasteiger partial charge in [-0.05, 0) is 54.3 Å². The van der Waals surface area contributed by atoms with E-state index in [1.54, 1.807) is 30.3 Å². The summed E-state index contributed by atoms with van der Waals surface area (Å²) in [7, 11) is 0. The summed E-state index contributed by atoms with van der Waals surface area (Å²) in [6.45, 7) is 0.553. The van der Waals surface area contributed by atoms with Gasteiger partial charge in [-0.2, -0.15) is 0 Å². The van der Waals surface area contributed by atoms with E-state index in [1.807, 2.05) is 0 Å². The van der Waals surface area contributed by atoms with Crippen LogP contribution in [0.25, 0.3) is 6.08 Å². The molecular weight excluding hydrogens is 298 g/mol. The van der Waals surface area contributed by atoms with Crippen LogP contribution >= 0.6 is 11.8 Å². The molecular formula is C17H19NO3S. The molecule has 0 unspecified atom stereocenters. The molecule has 2 fully saturated rings. The standard InChI is InChI=1S/C17H19NO3S/c19-14-8-6-12(7-9-14)10-15-16(20)18(17(21)22-15)11-13-4-2-1-3-5-13/h6-10,13,19H,1-5,11H2/b15-10+. The van der Waals surface area contributed by atoms with E-state index >= 15 is 0 Å². The van der Waals surface area contributed by atoms with Crippen LogP contribution in [-0.2, 0) is 4.79 Å². The maximum absolute atomic E-state index is 12.4. The number of amides is 2. The van der Waals surface area contributed by atoms with Crippen LogP contribution in [0.2, 0.25) is 0 Å². The zero-order chi connectivity index (χ0) is 15.5. The first-order valence-corrected chi connectivity index (χ1v) is 8.49. The molecule has 22 heavy (non-hydrogen) atoms. The van der Waals surface area contributed by atoms with Crippen molar-refractivity contribution in [3.8, 4) is 5.75 Å². The van der Waals surface area contributed by atoms with Gasteiger partial charge in [0.1, 0.15) is 5.75 Å². The summed E-state index contributed by atoms with van der Waals surface area (Å²) in [6, 6.07) is 6.59. The van der Waals surface area contributed by atoms with Gasteiger partial charge < -0.3 is 5.11 Å². The van der Waals surface area contributed by atoms with Gasteiger partial charge in [0.25, 0.3) is 11.1 Å². The Labute approximate surface area is 134 Å². The van der Waals surface area contributed by atoms with Gasteiger partial charge in [0.2, 0.25) is 0 Å². The average molecular weight is 317 g/mol. The zero-order valence-electron chi connectivity index (χ0n) is 12.3. The lowest BCUT2D eigenvalue weighted by molar-refractivity contribution is -0.123. The van der Waals surface area contributed by atoms with Gasteiger partial charge in [-0.15, -0.1) is 0 Å². The predicted octanol–water partition coefficient (Wildman–Crippen LogP) is 4.01. The van der Waals surface area contributed by atoms with Crippen LogP contribution in [-0.4, -0.2) is 27.7 Å². The lowest BCUT2D eigenvalue weighted by Crippen LogP contribution is -2.34. The molecule has 1 aliphatic heterocycles. The maximum atomic E-state index is 12.4. The van der Waals surface area contributed by atoms with E-state index in [9.17, 15) is 14.7 Å². The Morgan fingerprint density at radius 3 is 2.50 bits per heavy atom. The number of imide groups is 1. The van der Waals surface area contributed by atoms with Crippen molar-refractivity contribution < 1.29 is 14.7 Å². The van der Waals surface area contributed by atoms with E-state index in [0.29, 0.717) is 17.4 Å². The van der Waals surface area contributed by atoms with E-state index in [0.717, 1.165) is 30.2 Å². The number of hydrogen-bond donors (Lipinski definition) is 1. The molecule has 0 radical (unpaired) electrons. The predicted molar refractivity (Wildman–Crippen MR) is 87.4 cm³/mol. The first-order chi connectivity index (χ1) is 10.6. The van der Waals surface area contributed by atoms with Gasteiger partial charge in [-0.3, -0.25) is 14.5 Å². The Balaban J connectivity index is 1.71. The molecule has 1 aromatic carbocycles. The monoisotopic (exact) mass is 317 g/mol. The van der Waals surface area contributed by atoms with Crippen molar-refractivity contribution in [3.63, 3.8) is 0 Å². The van der Waals surface area contributed by atoms with Crippen LogP contribution in [0.15, 0.2) is 29.2 Å². The minimum Gasteiger partial charge on any atom is -0.508 e. The second kappa shape index (κ2) is 6.57. The minimum absolute atomic E-state index is 0.166. The average Bonchev–Trinajstić information content (AvgIpc) is 2.78. The molecule has 1 aromatic rings. The summed E-state index contributed by atoms with van der Waals surface area (Å²) < 4.78 is 0. The molecule has 0 aromatic heterocycles. The van der Waals surface area contributed by atoms with Crippen molar-refractivity contribution in [2.75, 3.05) is 6.54 Å². The Bertz CT molecular complexity index is 603. The number of thioether (sulfide) groups is 1. The van der Waals surface area contributed by atoms with E-state index in [1.165, 1.54) is 24.2 Å². The summed E-state index contributed by atoms with van der Waals surface area (Å²) >= 11 is 1.01. The Morgan fingerprint density at radius 2 is 1.82 bits per heavy atom. The van der Waals surface area contributed by atoms with Crippen LogP contribution in [0.3, 0.4) is 0 Å². The molecule has 0 bridgehead atoms. The van der Waals surface area contributed by atoms with E-state index in [-0.39, 0.29) is 16.9 Å². The largest absolute Gasteiger partial charge is 0.508 e. The molecule has 1 heterocycles. The van der Waals surface area contributed by atoms with E-state index in [4.69, 9.17) is 0 Å². The minimum atomic E-state index is -0.186. The fourth-order valence-corrected chi connectivity index (χ4v) is 3.86. The highest BCUT2D eigenvalue weighted by Gasteiger charge is 2.36. The molecule has 1 aliphatic carbocycles. The quantitative estimate of drug-likeness (QED) is 0.856. The van der Waals surface area contributed by atoms with Gasteiger partial charge >= 0.3 is 0 Å². The van der Waals surface area contributed by atoms with E-state index in [2.05, 4.69) is 0 Å². The highest BCUT2D eigenvalue weighted by atomic mass is 32.2. The number of rotatable bonds is 3. The molecule has 4 nitrogen and oxygen atoms in total. The smallest absolute Gasteiger partial charge is 0.293 e. The fraction of sp³-hybridized carbons (Fsp3) is 0.412. The Hall–Kier alpha value is -1.75. The van der Waals surface area contributed by atoms with Crippen molar-refractivity contribution in [2.45, 2.75) is 32.1 Å². The lowest BCUT2D eigenvalue weighted by atomic mass is 9.89. The molecule has 3 rings (SSSR count). The topological polar surface area (TPSA) is 57.6 Å². The van der Waals surface area contributed by atoms with Crippen molar-refractivity contribution in [1.82, 2.24) is 4.90 Å². The highest BCUT2D eigenvalue weighted by molar-refractivity contribution is 8.18. The molecule has 1 saturated heterocycles. The molecule has 5 heteroatoms. The lowest BCUT2D eigenvalue weighted by Gasteiger charge is -2.25. The first kappa shape index (κ1) is 15.2. The van der Waals surface area contributed by atoms with Gasteiger partial charge in [-0.25, -0.2) is 0 Å². The fourth-order valence-electron chi connectivity index (χ4n) is 3.01. The molecule has 1 N–H and O–H groups in total. The molecule has 1 saturated carbocycles. The summed E-state index contributed by atoms with van der Waals surface area (Å²) in [5.74, 6) is 0.450. The van der Waals surface area contributed by atoms with Crippen LogP contribution in [0, 0.1) is 5.92 Å². The zero-order valence-corrected chi connectivity index (χ0v) is 13.1. The van der Waals surface area contributed by atoms with Crippen LogP contribution < -0.4 is 0 Å². The summed E-state index contributed by atoms with van der Waals surface area (Å²) in [6.07, 6.45) is 7.59. The molecule has 2 amide bonds. The van der Waals surface area contributed by atoms with Gasteiger partial charge in [0.15, 0.2) is 0 Å². The number of nitrogens with zero attached hydrogens (tertiary/aromatic N) is 1. The summed E-state index contributed by atoms with van der Waals surface area (Å²) in [4.78, 5) is 26.4. The van der Waals surface area contributed by atoms with Crippen molar-refractivity contribution >= 4 is 29.0 Å². The Kier molecular flexibility index (Phi) is 4.52. The van der Waals surface area contributed by atoms with Crippen molar-refractivity contribution in [1.29, 1.82) is 0 Å². The van der Waals surface area contributed by atoms with Gasteiger partial charge in [-0.1, -0.05) is 31.4 Å². The van der Waals surface area contributed by atoms with Gasteiger partial charge in [0.05, 0.1) is 4.91 Å². The van der Waals surface area contributed by atoms with Crippen molar-refractivity contribution in [3.05, 3.63) is 34.7 Å². The van der Waals surface area contributed by atoms with Crippen LogP contribution in [0.1, 0.15) is 37.7 Å². The van der Waals surface area contributed by atoms with Crippen molar-refractivity contribution in [2.24, 2.45) is 5.92 Å². The summed E-state index contributed by atoms with van der Waals surface area (Å²) in [5, 5.41) is 9.11. The number of benzene rings is 1. The SMILES string of the molecule is O=C1S/C(=C/c2ccc(O)cc2)C(=O)N1CC1CCCCC1. The normalized spacial score (nSPS) is 21.8. The van der Waals surface area contributed by atoms with Crippen LogP contribution in [0.4, 0.5) is 4.79 Å². The van der Waals surface area contributed by atoms with Crippen LogP contribution in [0.5, 0.6) is 5.75 Å². The van der Waals surface area contributed by atoms with E-state index < -0.39 is 0 Å². The number of phenols is 1. The Morgan fingerprint density at radius 1 is 1.14 bits per heavy atom. The molecule has 0 spiro atoms. The van der Waals surface area contributed by atoms with Gasteiger partial charge in [0, 0.05) is 6.54 Å². The molecule has 116 valence electrons. The highest BCUT2D eigenvalue weighted by Crippen LogP contribution is 2.34. The molecule has 2 aliphatic rings.